The molecule has 0 atom stereocenters. The van der Waals surface area contributed by atoms with Gasteiger partial charge in [0.2, 0.25) is 0 Å². The van der Waals surface area contributed by atoms with Crippen molar-refractivity contribution >= 4 is 43.1 Å². The molecule has 15 aromatic rings. The first-order valence-corrected chi connectivity index (χ1v) is 27.6. The summed E-state index contributed by atoms with van der Waals surface area (Å²) in [7, 11) is 0. The lowest BCUT2D eigenvalue weighted by Gasteiger charge is -2.24. The van der Waals surface area contributed by atoms with Crippen LogP contribution < -0.4 is 0 Å². The fraction of sp³-hybridized carbons (Fsp3) is 0. The van der Waals surface area contributed by atoms with Crippen LogP contribution in [0.25, 0.3) is 144 Å². The second-order valence-electron chi connectivity index (χ2n) is 20.8. The van der Waals surface area contributed by atoms with Crippen LogP contribution in [-0.4, -0.2) is 9.13 Å². The fourth-order valence-corrected chi connectivity index (χ4v) is 12.4. The molecule has 0 aliphatic carbocycles. The maximum Gasteiger partial charge on any atom is 0.0535 e. The van der Waals surface area contributed by atoms with Crippen LogP contribution in [0.15, 0.2) is 315 Å². The van der Waals surface area contributed by atoms with Gasteiger partial charge in [-0.2, -0.15) is 0 Å². The molecule has 0 saturated carbocycles. The molecular formula is C78H52N2. The molecule has 2 heteroatoms. The molecule has 2 aromatic heterocycles. The van der Waals surface area contributed by atoms with Gasteiger partial charge in [-0.25, -0.2) is 0 Å². The van der Waals surface area contributed by atoms with E-state index < -0.39 is 0 Å². The fourth-order valence-electron chi connectivity index (χ4n) is 12.4. The van der Waals surface area contributed by atoms with E-state index >= 15 is 0 Å². The molecule has 0 spiro atoms. The van der Waals surface area contributed by atoms with Crippen molar-refractivity contribution in [2.45, 2.75) is 0 Å². The number of fused-ring (bicyclic) bond motifs is 4. The van der Waals surface area contributed by atoms with Gasteiger partial charge in [-0.1, -0.05) is 255 Å². The number of rotatable bonds is 10. The van der Waals surface area contributed by atoms with Gasteiger partial charge < -0.3 is 9.13 Å². The van der Waals surface area contributed by atoms with E-state index in [1.807, 2.05) is 0 Å². The zero-order chi connectivity index (χ0) is 52.9. The van der Waals surface area contributed by atoms with Gasteiger partial charge in [-0.15, -0.1) is 0 Å². The highest BCUT2D eigenvalue weighted by Crippen LogP contribution is 2.51. The SMILES string of the molecule is c1ccc(-c2ccc(-c3ccccc3)n2-c2ccc(-c3ccc(-c4ccc(-n5c(-c6ccccc6)ccc5-c5ccccc5)cc4)c4c(-c5ccc6ccccc6c5)c5ccccc5c(-c5ccc6ccccc6c5)c34)cc2)cc1. The normalized spacial score (nSPS) is 11.5. The summed E-state index contributed by atoms with van der Waals surface area (Å²) in [5.74, 6) is 0. The first kappa shape index (κ1) is 46.7. The lowest BCUT2D eigenvalue weighted by Crippen LogP contribution is -2.00. The van der Waals surface area contributed by atoms with Crippen molar-refractivity contribution in [3.8, 4) is 101 Å². The Labute approximate surface area is 466 Å². The van der Waals surface area contributed by atoms with Crippen molar-refractivity contribution in [3.05, 3.63) is 315 Å². The molecular weight excluding hydrogens is 965 g/mol. The smallest absolute Gasteiger partial charge is 0.0535 e. The Bertz CT molecular complexity index is 4340. The number of hydrogen-bond acceptors (Lipinski definition) is 0. The van der Waals surface area contributed by atoms with Gasteiger partial charge in [0.15, 0.2) is 0 Å². The monoisotopic (exact) mass is 1020 g/mol. The van der Waals surface area contributed by atoms with Crippen LogP contribution in [0.3, 0.4) is 0 Å². The summed E-state index contributed by atoms with van der Waals surface area (Å²) in [6.45, 7) is 0. The highest BCUT2D eigenvalue weighted by Gasteiger charge is 2.24. The van der Waals surface area contributed by atoms with E-state index in [9.17, 15) is 0 Å². The molecule has 15 rings (SSSR count). The van der Waals surface area contributed by atoms with E-state index in [1.165, 1.54) is 98.7 Å². The predicted molar refractivity (Wildman–Crippen MR) is 339 cm³/mol. The summed E-state index contributed by atoms with van der Waals surface area (Å²) < 4.78 is 4.81. The molecule has 0 saturated heterocycles. The minimum atomic E-state index is 1.10. The van der Waals surface area contributed by atoms with Crippen LogP contribution in [0.1, 0.15) is 0 Å². The van der Waals surface area contributed by atoms with E-state index in [0.29, 0.717) is 0 Å². The van der Waals surface area contributed by atoms with Crippen molar-refractivity contribution < 1.29 is 0 Å². The highest BCUT2D eigenvalue weighted by molar-refractivity contribution is 6.28. The minimum Gasteiger partial charge on any atom is -0.309 e. The van der Waals surface area contributed by atoms with Crippen LogP contribution in [0.4, 0.5) is 0 Å². The van der Waals surface area contributed by atoms with Gasteiger partial charge in [0.25, 0.3) is 0 Å². The molecule has 80 heavy (non-hydrogen) atoms. The third-order valence-corrected chi connectivity index (χ3v) is 16.2. The Hall–Kier alpha value is -10.5. The summed E-state index contributed by atoms with van der Waals surface area (Å²) >= 11 is 0. The van der Waals surface area contributed by atoms with Gasteiger partial charge in [0, 0.05) is 11.4 Å². The average molecular weight is 1020 g/mol. The molecule has 0 fully saturated rings. The number of hydrogen-bond donors (Lipinski definition) is 0. The molecule has 0 aliphatic rings. The molecule has 0 unspecified atom stereocenters. The van der Waals surface area contributed by atoms with Gasteiger partial charge >= 0.3 is 0 Å². The Morgan fingerprint density at radius 3 is 0.812 bits per heavy atom. The van der Waals surface area contributed by atoms with Crippen LogP contribution in [-0.2, 0) is 0 Å². The zero-order valence-corrected chi connectivity index (χ0v) is 43.9. The number of benzene rings is 13. The Balaban J connectivity index is 1.01. The summed E-state index contributed by atoms with van der Waals surface area (Å²) in [6.07, 6.45) is 0. The molecule has 2 nitrogen and oxygen atoms in total. The molecule has 0 bridgehead atoms. The molecule has 0 N–H and O–H groups in total. The third kappa shape index (κ3) is 8.13. The molecule has 2 heterocycles. The molecule has 0 amide bonds. The van der Waals surface area contributed by atoms with Crippen molar-refractivity contribution in [1.82, 2.24) is 9.13 Å². The van der Waals surface area contributed by atoms with E-state index in [-0.39, 0.29) is 0 Å². The summed E-state index contributed by atoms with van der Waals surface area (Å²) in [6, 6.07) is 116. The van der Waals surface area contributed by atoms with Gasteiger partial charge in [-0.3, -0.25) is 0 Å². The van der Waals surface area contributed by atoms with Crippen LogP contribution in [0.5, 0.6) is 0 Å². The second-order valence-corrected chi connectivity index (χ2v) is 20.8. The van der Waals surface area contributed by atoms with Crippen LogP contribution >= 0.6 is 0 Å². The van der Waals surface area contributed by atoms with E-state index in [1.54, 1.807) is 0 Å². The quantitative estimate of drug-likeness (QED) is 0.121. The number of aromatic nitrogens is 2. The van der Waals surface area contributed by atoms with Crippen LogP contribution in [0.2, 0.25) is 0 Å². The lowest BCUT2D eigenvalue weighted by molar-refractivity contribution is 1.09. The minimum absolute atomic E-state index is 1.10. The van der Waals surface area contributed by atoms with Crippen molar-refractivity contribution in [3.63, 3.8) is 0 Å². The van der Waals surface area contributed by atoms with E-state index in [0.717, 1.165) is 45.3 Å². The molecule has 0 radical (unpaired) electrons. The van der Waals surface area contributed by atoms with Gasteiger partial charge in [-0.05, 0) is 171 Å². The Morgan fingerprint density at radius 1 is 0.188 bits per heavy atom. The zero-order valence-electron chi connectivity index (χ0n) is 43.9. The molecule has 374 valence electrons. The molecule has 0 aliphatic heterocycles. The topological polar surface area (TPSA) is 9.86 Å². The largest absolute Gasteiger partial charge is 0.309 e. The Morgan fingerprint density at radius 2 is 0.475 bits per heavy atom. The Kier molecular flexibility index (Phi) is 11.6. The summed E-state index contributed by atoms with van der Waals surface area (Å²) in [5.41, 5.74) is 20.9. The summed E-state index contributed by atoms with van der Waals surface area (Å²) in [4.78, 5) is 0. The van der Waals surface area contributed by atoms with E-state index in [4.69, 9.17) is 0 Å². The first-order valence-electron chi connectivity index (χ1n) is 27.6. The first-order chi connectivity index (χ1) is 39.7. The third-order valence-electron chi connectivity index (χ3n) is 16.2. The standard InChI is InChI=1S/C78H52N2/c1-5-21-57(22-6-1)71-47-48-72(58-23-7-2-8-24-58)79(71)65-41-37-55(38-42-65)67-45-46-68(56-39-43-66(44-40-56)80-73(59-25-9-3-10-26-59)49-50-74(80)60-27-11-4-12-28-60)78-76(64-36-34-54-20-14-16-30-62(54)52-64)70-32-18-17-31-69(70)75(77(67)78)63-35-33-53-19-13-15-29-61(53)51-63/h1-52H. The maximum absolute atomic E-state index is 2.41. The van der Waals surface area contributed by atoms with E-state index in [2.05, 4.69) is 325 Å². The van der Waals surface area contributed by atoms with Gasteiger partial charge in [0.1, 0.15) is 0 Å². The average Bonchev–Trinajstić information content (AvgIpc) is 4.33. The second kappa shape index (κ2) is 19.8. The predicted octanol–water partition coefficient (Wildman–Crippen LogP) is 21.2. The van der Waals surface area contributed by atoms with Crippen molar-refractivity contribution in [1.29, 1.82) is 0 Å². The van der Waals surface area contributed by atoms with Crippen LogP contribution in [0, 0.1) is 0 Å². The van der Waals surface area contributed by atoms with Crippen molar-refractivity contribution in [2.75, 3.05) is 0 Å². The van der Waals surface area contributed by atoms with Gasteiger partial charge in [0.05, 0.1) is 22.8 Å². The van der Waals surface area contributed by atoms with Crippen molar-refractivity contribution in [2.24, 2.45) is 0 Å². The molecule has 13 aromatic carbocycles. The lowest BCUT2D eigenvalue weighted by atomic mass is 9.80. The summed E-state index contributed by atoms with van der Waals surface area (Å²) in [5, 5.41) is 9.73. The highest BCUT2D eigenvalue weighted by atomic mass is 15.0. The maximum atomic E-state index is 2.41. The number of nitrogens with zero attached hydrogens (tertiary/aromatic N) is 2.